The van der Waals surface area contributed by atoms with Crippen LogP contribution in [0.15, 0.2) is 15.8 Å². The van der Waals surface area contributed by atoms with Crippen molar-refractivity contribution in [1.82, 2.24) is 9.30 Å². The summed E-state index contributed by atoms with van der Waals surface area (Å²) in [5.74, 6) is 0. The van der Waals surface area contributed by atoms with Crippen LogP contribution in [0.25, 0.3) is 0 Å². The minimum absolute atomic E-state index is 0.00263. The monoisotopic (exact) mass is 258 g/mol. The zero-order valence-electron chi connectivity index (χ0n) is 9.68. The van der Waals surface area contributed by atoms with Gasteiger partial charge in [-0.05, 0) is 6.92 Å². The van der Waals surface area contributed by atoms with Crippen molar-refractivity contribution in [1.29, 1.82) is 0 Å². The van der Waals surface area contributed by atoms with Crippen LogP contribution >= 0.6 is 0 Å². The van der Waals surface area contributed by atoms with Crippen LogP contribution in [-0.2, 0) is 4.74 Å². The maximum Gasteiger partial charge on any atom is 0.366 e. The number of ether oxygens (including phenoxy) is 1. The first-order valence-electron chi connectivity index (χ1n) is 5.44. The van der Waals surface area contributed by atoms with Gasteiger partial charge in [-0.25, -0.2) is 4.79 Å². The van der Waals surface area contributed by atoms with Crippen molar-refractivity contribution in [3.63, 3.8) is 0 Å². The number of aliphatic hydroxyl groups excluding tert-OH is 2. The van der Waals surface area contributed by atoms with Crippen molar-refractivity contribution in [2.45, 2.75) is 31.8 Å². The molecule has 0 aromatic carbocycles. The summed E-state index contributed by atoms with van der Waals surface area (Å²) in [6, 6.07) is 0. The van der Waals surface area contributed by atoms with E-state index in [-0.39, 0.29) is 23.3 Å². The zero-order valence-corrected chi connectivity index (χ0v) is 9.68. The van der Waals surface area contributed by atoms with E-state index < -0.39 is 29.7 Å². The highest BCUT2D eigenvalue weighted by molar-refractivity contribution is 5.02. The van der Waals surface area contributed by atoms with Crippen LogP contribution in [0, 0.1) is 6.92 Å². The molecule has 1 fully saturated rings. The van der Waals surface area contributed by atoms with Gasteiger partial charge in [0.15, 0.2) is 0 Å². The van der Waals surface area contributed by atoms with Crippen LogP contribution in [0.4, 0.5) is 0 Å². The summed E-state index contributed by atoms with van der Waals surface area (Å²) in [4.78, 5) is 23.0. The predicted octanol–water partition coefficient (Wildman–Crippen LogP) is -1.80. The SMILES string of the molecule is Cc1cn([C@H]2CC(O)[C@@H](CO)O2)c(=O)n(O)c1=O. The molecule has 0 amide bonds. The lowest BCUT2D eigenvalue weighted by atomic mass is 10.2. The Labute approximate surface area is 101 Å². The van der Waals surface area contributed by atoms with Gasteiger partial charge in [0.05, 0.1) is 12.7 Å². The summed E-state index contributed by atoms with van der Waals surface area (Å²) >= 11 is 0. The van der Waals surface area contributed by atoms with E-state index in [2.05, 4.69) is 0 Å². The second-order valence-electron chi connectivity index (χ2n) is 4.23. The fourth-order valence-corrected chi connectivity index (χ4v) is 1.94. The third-order valence-electron chi connectivity index (χ3n) is 2.96. The van der Waals surface area contributed by atoms with E-state index in [0.29, 0.717) is 0 Å². The van der Waals surface area contributed by atoms with E-state index in [9.17, 15) is 19.9 Å². The van der Waals surface area contributed by atoms with Crippen molar-refractivity contribution in [2.75, 3.05) is 6.61 Å². The van der Waals surface area contributed by atoms with Gasteiger partial charge in [0.1, 0.15) is 12.3 Å². The zero-order chi connectivity index (χ0) is 13.4. The Morgan fingerprint density at radius 1 is 1.50 bits per heavy atom. The van der Waals surface area contributed by atoms with Crippen molar-refractivity contribution < 1.29 is 20.2 Å². The highest BCUT2D eigenvalue weighted by atomic mass is 16.5. The molecule has 1 aliphatic rings. The van der Waals surface area contributed by atoms with Crippen molar-refractivity contribution in [3.05, 3.63) is 32.6 Å². The summed E-state index contributed by atoms with van der Waals surface area (Å²) < 4.78 is 6.30. The lowest BCUT2D eigenvalue weighted by Crippen LogP contribution is -2.41. The fraction of sp³-hybridized carbons (Fsp3) is 0.600. The standard InChI is InChI=1S/C10H14N2O6/c1-5-3-11(10(16)12(17)9(5)15)8-2-6(14)7(4-13)18-8/h3,6-8,13-14,17H,2,4H2,1H3/t6?,7-,8-/m1/s1. The molecule has 1 saturated heterocycles. The molecule has 0 spiro atoms. The Kier molecular flexibility index (Phi) is 3.24. The first kappa shape index (κ1) is 12.8. The third-order valence-corrected chi connectivity index (χ3v) is 2.96. The van der Waals surface area contributed by atoms with Gasteiger partial charge in [-0.1, -0.05) is 4.73 Å². The number of hydrogen-bond acceptors (Lipinski definition) is 6. The Morgan fingerprint density at radius 2 is 2.17 bits per heavy atom. The van der Waals surface area contributed by atoms with Crippen molar-refractivity contribution >= 4 is 0 Å². The molecule has 1 aliphatic heterocycles. The average Bonchev–Trinajstić information content (AvgIpc) is 2.72. The number of aromatic nitrogens is 2. The Morgan fingerprint density at radius 3 is 2.72 bits per heavy atom. The van der Waals surface area contributed by atoms with Crippen LogP contribution in [-0.4, -0.2) is 43.5 Å². The second kappa shape index (κ2) is 4.56. The summed E-state index contributed by atoms with van der Waals surface area (Å²) in [5.41, 5.74) is -1.57. The molecule has 0 aliphatic carbocycles. The smallest absolute Gasteiger partial charge is 0.366 e. The van der Waals surface area contributed by atoms with E-state index in [0.717, 1.165) is 4.57 Å². The quantitative estimate of drug-likeness (QED) is 0.539. The summed E-state index contributed by atoms with van der Waals surface area (Å²) in [5, 5.41) is 27.8. The molecule has 2 heterocycles. The molecule has 3 N–H and O–H groups in total. The predicted molar refractivity (Wildman–Crippen MR) is 58.5 cm³/mol. The Balaban J connectivity index is 2.42. The largest absolute Gasteiger partial charge is 0.421 e. The topological polar surface area (TPSA) is 114 Å². The molecular formula is C10H14N2O6. The number of aliphatic hydroxyl groups is 2. The van der Waals surface area contributed by atoms with Gasteiger partial charge in [-0.15, -0.1) is 0 Å². The van der Waals surface area contributed by atoms with Crippen LogP contribution < -0.4 is 11.2 Å². The average molecular weight is 258 g/mol. The number of hydrogen-bond donors (Lipinski definition) is 3. The Hall–Kier alpha value is -1.64. The van der Waals surface area contributed by atoms with Gasteiger partial charge in [0.25, 0.3) is 5.56 Å². The molecule has 18 heavy (non-hydrogen) atoms. The molecule has 8 nitrogen and oxygen atoms in total. The molecule has 2 rings (SSSR count). The highest BCUT2D eigenvalue weighted by Gasteiger charge is 2.35. The van der Waals surface area contributed by atoms with Gasteiger partial charge >= 0.3 is 5.69 Å². The van der Waals surface area contributed by atoms with Gasteiger partial charge in [0.2, 0.25) is 0 Å². The minimum atomic E-state index is -0.943. The van der Waals surface area contributed by atoms with Crippen LogP contribution in [0.1, 0.15) is 18.2 Å². The lowest BCUT2D eigenvalue weighted by Gasteiger charge is -2.15. The summed E-state index contributed by atoms with van der Waals surface area (Å²) in [6.45, 7) is 1.07. The van der Waals surface area contributed by atoms with Gasteiger partial charge < -0.3 is 20.2 Å². The van der Waals surface area contributed by atoms with Crippen molar-refractivity contribution in [3.8, 4) is 0 Å². The van der Waals surface area contributed by atoms with Gasteiger partial charge in [0, 0.05) is 18.2 Å². The first-order chi connectivity index (χ1) is 8.45. The molecule has 1 aromatic heterocycles. The van der Waals surface area contributed by atoms with Gasteiger partial charge in [-0.2, -0.15) is 0 Å². The molecule has 100 valence electrons. The molecule has 3 atom stereocenters. The second-order valence-corrected chi connectivity index (χ2v) is 4.23. The fourth-order valence-electron chi connectivity index (χ4n) is 1.94. The summed E-state index contributed by atoms with van der Waals surface area (Å²) in [6.07, 6.45) is -1.13. The Bertz CT molecular complexity index is 562. The highest BCUT2D eigenvalue weighted by Crippen LogP contribution is 2.27. The molecule has 1 unspecified atom stereocenters. The van der Waals surface area contributed by atoms with Gasteiger partial charge in [-0.3, -0.25) is 9.36 Å². The molecule has 1 aromatic rings. The maximum absolute atomic E-state index is 11.7. The third kappa shape index (κ3) is 1.94. The lowest BCUT2D eigenvalue weighted by molar-refractivity contribution is -0.0480. The van der Waals surface area contributed by atoms with E-state index in [1.54, 1.807) is 0 Å². The van der Waals surface area contributed by atoms with E-state index in [1.807, 2.05) is 0 Å². The normalized spacial score (nSPS) is 27.6. The van der Waals surface area contributed by atoms with Crippen LogP contribution in [0.5, 0.6) is 0 Å². The molecule has 0 radical (unpaired) electrons. The molecule has 8 heteroatoms. The number of aryl methyl sites for hydroxylation is 1. The van der Waals surface area contributed by atoms with Crippen LogP contribution in [0.2, 0.25) is 0 Å². The molecule has 0 saturated carbocycles. The first-order valence-corrected chi connectivity index (χ1v) is 5.44. The van der Waals surface area contributed by atoms with E-state index in [4.69, 9.17) is 9.84 Å². The summed E-state index contributed by atoms with van der Waals surface area (Å²) in [7, 11) is 0. The van der Waals surface area contributed by atoms with Crippen LogP contribution in [0.3, 0.4) is 0 Å². The van der Waals surface area contributed by atoms with E-state index in [1.165, 1.54) is 13.1 Å². The van der Waals surface area contributed by atoms with Crippen molar-refractivity contribution in [2.24, 2.45) is 0 Å². The number of rotatable bonds is 2. The van der Waals surface area contributed by atoms with E-state index >= 15 is 0 Å². The number of nitrogens with zero attached hydrogens (tertiary/aromatic N) is 2. The minimum Gasteiger partial charge on any atom is -0.421 e. The molecular weight excluding hydrogens is 244 g/mol. The molecule has 0 bridgehead atoms. The maximum atomic E-state index is 11.7.